The lowest BCUT2D eigenvalue weighted by Gasteiger charge is -2.08. The molecule has 0 amide bonds. The van der Waals surface area contributed by atoms with E-state index in [0.717, 1.165) is 0 Å². The molecular formula is C13H18N4O3S. The number of anilines is 1. The molecule has 8 heteroatoms. The zero-order valence-electron chi connectivity index (χ0n) is 11.7. The van der Waals surface area contributed by atoms with Gasteiger partial charge in [0, 0.05) is 24.7 Å². The number of nitrogens with zero attached hydrogens (tertiary/aromatic N) is 1. The highest BCUT2D eigenvalue weighted by Gasteiger charge is 2.16. The molecular weight excluding hydrogens is 292 g/mol. The summed E-state index contributed by atoms with van der Waals surface area (Å²) < 4.78 is 31.8. The van der Waals surface area contributed by atoms with Gasteiger partial charge in [-0.3, -0.25) is 0 Å². The molecule has 0 saturated heterocycles. The van der Waals surface area contributed by atoms with Crippen molar-refractivity contribution in [2.24, 2.45) is 0 Å². The Labute approximate surface area is 123 Å². The first-order valence-corrected chi connectivity index (χ1v) is 8.01. The predicted molar refractivity (Wildman–Crippen MR) is 79.5 cm³/mol. The maximum absolute atomic E-state index is 12.0. The van der Waals surface area contributed by atoms with Crippen molar-refractivity contribution in [1.29, 1.82) is 0 Å². The van der Waals surface area contributed by atoms with Crippen LogP contribution in [0, 0.1) is 0 Å². The molecule has 1 heterocycles. The Hall–Kier alpha value is -2.06. The number of aryl methyl sites for hydroxylation is 1. The molecule has 0 bridgehead atoms. The van der Waals surface area contributed by atoms with Crippen LogP contribution in [0.2, 0.25) is 0 Å². The highest BCUT2D eigenvalue weighted by atomic mass is 32.2. The lowest BCUT2D eigenvalue weighted by Crippen LogP contribution is -2.28. The number of nitrogens with two attached hydrogens (primary N) is 1. The summed E-state index contributed by atoms with van der Waals surface area (Å²) in [6.07, 6.45) is 1.95. The van der Waals surface area contributed by atoms with Crippen molar-refractivity contribution < 1.29 is 13.2 Å². The van der Waals surface area contributed by atoms with Crippen molar-refractivity contribution in [2.45, 2.75) is 18.4 Å². The molecule has 0 atom stereocenters. The van der Waals surface area contributed by atoms with Crippen molar-refractivity contribution in [3.8, 4) is 5.75 Å². The van der Waals surface area contributed by atoms with Gasteiger partial charge in [-0.1, -0.05) is 13.0 Å². The van der Waals surface area contributed by atoms with E-state index in [1.807, 2.05) is 6.92 Å². The highest BCUT2D eigenvalue weighted by Crippen LogP contribution is 2.14. The van der Waals surface area contributed by atoms with Gasteiger partial charge in [-0.15, -0.1) is 0 Å². The van der Waals surface area contributed by atoms with Crippen LogP contribution in [-0.4, -0.2) is 31.5 Å². The van der Waals surface area contributed by atoms with Crippen LogP contribution in [-0.2, 0) is 16.4 Å². The van der Waals surface area contributed by atoms with Crippen molar-refractivity contribution in [1.82, 2.24) is 14.7 Å². The van der Waals surface area contributed by atoms with Crippen LogP contribution in [0.4, 0.5) is 5.69 Å². The number of benzene rings is 1. The minimum atomic E-state index is -3.58. The fourth-order valence-corrected chi connectivity index (χ4v) is 2.64. The average molecular weight is 310 g/mol. The Morgan fingerprint density at radius 3 is 2.90 bits per heavy atom. The molecule has 0 aliphatic rings. The molecule has 0 spiro atoms. The quantitative estimate of drug-likeness (QED) is 0.520. The first kappa shape index (κ1) is 15.3. The highest BCUT2D eigenvalue weighted by molar-refractivity contribution is 7.89. The Balaban J connectivity index is 1.85. The maximum Gasteiger partial charge on any atom is 0.257 e. The molecule has 0 unspecified atom stereocenters. The van der Waals surface area contributed by atoms with Crippen LogP contribution in [0.1, 0.15) is 12.7 Å². The lowest BCUT2D eigenvalue weighted by molar-refractivity contribution is 0.323. The number of rotatable bonds is 7. The smallest absolute Gasteiger partial charge is 0.257 e. The molecule has 0 aliphatic carbocycles. The topological polar surface area (TPSA) is 110 Å². The normalized spacial score (nSPS) is 11.5. The Morgan fingerprint density at radius 1 is 1.43 bits per heavy atom. The minimum Gasteiger partial charge on any atom is -0.492 e. The van der Waals surface area contributed by atoms with Crippen LogP contribution in [0.5, 0.6) is 5.75 Å². The first-order valence-electron chi connectivity index (χ1n) is 6.53. The summed E-state index contributed by atoms with van der Waals surface area (Å²) in [7, 11) is -3.58. The largest absolute Gasteiger partial charge is 0.492 e. The van der Waals surface area contributed by atoms with Crippen molar-refractivity contribution in [3.63, 3.8) is 0 Å². The van der Waals surface area contributed by atoms with Gasteiger partial charge in [-0.25, -0.2) is 18.1 Å². The van der Waals surface area contributed by atoms with Crippen LogP contribution in [0.25, 0.3) is 0 Å². The molecule has 0 saturated carbocycles. The van der Waals surface area contributed by atoms with E-state index in [1.54, 1.807) is 24.3 Å². The summed E-state index contributed by atoms with van der Waals surface area (Å²) in [6, 6.07) is 6.95. The molecule has 2 rings (SSSR count). The monoisotopic (exact) mass is 310 g/mol. The number of sulfonamides is 1. The van der Waals surface area contributed by atoms with Gasteiger partial charge in [0.2, 0.25) is 0 Å². The van der Waals surface area contributed by atoms with E-state index in [0.29, 0.717) is 23.7 Å². The number of H-pyrrole nitrogens is 1. The second-order valence-corrected chi connectivity index (χ2v) is 6.10. The molecule has 0 fully saturated rings. The van der Waals surface area contributed by atoms with E-state index in [2.05, 4.69) is 14.7 Å². The Kier molecular flexibility index (Phi) is 4.81. The molecule has 21 heavy (non-hydrogen) atoms. The van der Waals surface area contributed by atoms with E-state index in [1.165, 1.54) is 6.20 Å². The minimum absolute atomic E-state index is 0.0586. The fourth-order valence-electron chi connectivity index (χ4n) is 1.69. The third kappa shape index (κ3) is 4.20. The molecule has 114 valence electrons. The van der Waals surface area contributed by atoms with E-state index in [4.69, 9.17) is 10.5 Å². The number of nitrogens with one attached hydrogen (secondary N) is 2. The first-order chi connectivity index (χ1) is 10.0. The standard InChI is InChI=1S/C13H18N4O3S/c1-2-12-15-9-13(17-12)21(18,19)16-6-7-20-11-5-3-4-10(14)8-11/h3-5,8-9,16H,2,6-7,14H2,1H3,(H,15,17). The van der Waals surface area contributed by atoms with Crippen LogP contribution in [0.15, 0.2) is 35.5 Å². The molecule has 1 aromatic carbocycles. The average Bonchev–Trinajstić information content (AvgIpc) is 2.93. The third-order valence-electron chi connectivity index (χ3n) is 2.75. The Bertz CT molecular complexity index is 697. The van der Waals surface area contributed by atoms with Gasteiger partial charge in [0.1, 0.15) is 18.2 Å². The number of hydrogen-bond acceptors (Lipinski definition) is 5. The van der Waals surface area contributed by atoms with Crippen molar-refractivity contribution in [3.05, 3.63) is 36.3 Å². The third-order valence-corrected chi connectivity index (χ3v) is 4.12. The SMILES string of the molecule is CCc1ncc(S(=O)(=O)NCCOc2cccc(N)c2)[nH]1. The van der Waals surface area contributed by atoms with Crippen LogP contribution in [0.3, 0.4) is 0 Å². The molecule has 2 aromatic rings. The summed E-state index contributed by atoms with van der Waals surface area (Å²) in [5, 5.41) is 0.0586. The summed E-state index contributed by atoms with van der Waals surface area (Å²) in [5.41, 5.74) is 6.22. The van der Waals surface area contributed by atoms with Crippen molar-refractivity contribution in [2.75, 3.05) is 18.9 Å². The van der Waals surface area contributed by atoms with Gasteiger partial charge < -0.3 is 15.5 Å². The van der Waals surface area contributed by atoms with Crippen molar-refractivity contribution >= 4 is 15.7 Å². The van der Waals surface area contributed by atoms with Gasteiger partial charge in [-0.05, 0) is 12.1 Å². The predicted octanol–water partition coefficient (Wildman–Crippen LogP) is 0.912. The van der Waals surface area contributed by atoms with E-state index in [9.17, 15) is 8.42 Å². The van der Waals surface area contributed by atoms with E-state index < -0.39 is 10.0 Å². The summed E-state index contributed by atoms with van der Waals surface area (Å²) in [5.74, 6) is 1.23. The number of imidazole rings is 1. The maximum atomic E-state index is 12.0. The number of nitrogen functional groups attached to an aromatic ring is 1. The van der Waals surface area contributed by atoms with Gasteiger partial charge >= 0.3 is 0 Å². The molecule has 0 aliphatic heterocycles. The van der Waals surface area contributed by atoms with Crippen LogP contribution >= 0.6 is 0 Å². The van der Waals surface area contributed by atoms with E-state index in [-0.39, 0.29) is 18.2 Å². The number of hydrogen-bond donors (Lipinski definition) is 3. The fraction of sp³-hybridized carbons (Fsp3) is 0.308. The van der Waals surface area contributed by atoms with Gasteiger partial charge in [0.05, 0.1) is 6.20 Å². The molecule has 7 nitrogen and oxygen atoms in total. The zero-order chi connectivity index (χ0) is 15.3. The molecule has 0 radical (unpaired) electrons. The lowest BCUT2D eigenvalue weighted by atomic mass is 10.3. The summed E-state index contributed by atoms with van der Waals surface area (Å²) in [4.78, 5) is 6.72. The van der Waals surface area contributed by atoms with Gasteiger partial charge in [-0.2, -0.15) is 0 Å². The van der Waals surface area contributed by atoms with Gasteiger partial charge in [0.15, 0.2) is 5.03 Å². The van der Waals surface area contributed by atoms with Crippen LogP contribution < -0.4 is 15.2 Å². The number of aromatic nitrogens is 2. The molecule has 1 aromatic heterocycles. The summed E-state index contributed by atoms with van der Waals surface area (Å²) in [6.45, 7) is 2.25. The van der Waals surface area contributed by atoms with E-state index >= 15 is 0 Å². The second kappa shape index (κ2) is 6.59. The van der Waals surface area contributed by atoms with Gasteiger partial charge in [0.25, 0.3) is 10.0 Å². The zero-order valence-corrected chi connectivity index (χ0v) is 12.5. The molecule has 4 N–H and O–H groups in total. The number of ether oxygens (including phenoxy) is 1. The second-order valence-electron chi connectivity index (χ2n) is 4.37. The number of aromatic amines is 1. The summed E-state index contributed by atoms with van der Waals surface area (Å²) >= 11 is 0. The Morgan fingerprint density at radius 2 is 2.24 bits per heavy atom.